The van der Waals surface area contributed by atoms with E-state index < -0.39 is 0 Å². The lowest BCUT2D eigenvalue weighted by Crippen LogP contribution is -1.96. The molecule has 0 saturated carbocycles. The number of imidazole rings is 1. The molecule has 0 unspecified atom stereocenters. The van der Waals surface area contributed by atoms with E-state index in [-0.39, 0.29) is 0 Å². The SMILES string of the molecule is SCC=CCn1ccnc1-c1ccccc1. The molecule has 1 aromatic carbocycles. The normalized spacial score (nSPS) is 11.1. The summed E-state index contributed by atoms with van der Waals surface area (Å²) < 4.78 is 2.12. The van der Waals surface area contributed by atoms with Crippen LogP contribution in [0.5, 0.6) is 0 Å². The molecule has 0 aliphatic rings. The van der Waals surface area contributed by atoms with Gasteiger partial charge in [0.25, 0.3) is 0 Å². The van der Waals surface area contributed by atoms with Crippen LogP contribution in [0.1, 0.15) is 0 Å². The fraction of sp³-hybridized carbons (Fsp3) is 0.154. The van der Waals surface area contributed by atoms with Crippen LogP contribution in [0.4, 0.5) is 0 Å². The lowest BCUT2D eigenvalue weighted by molar-refractivity contribution is 0.830. The van der Waals surface area contributed by atoms with E-state index in [2.05, 4.69) is 40.4 Å². The summed E-state index contributed by atoms with van der Waals surface area (Å²) in [4.78, 5) is 4.38. The highest BCUT2D eigenvalue weighted by Gasteiger charge is 2.02. The fourth-order valence-corrected chi connectivity index (χ4v) is 1.72. The Morgan fingerprint density at radius 2 is 2.00 bits per heavy atom. The number of benzene rings is 1. The summed E-state index contributed by atoms with van der Waals surface area (Å²) in [6.45, 7) is 0.838. The Bertz CT molecular complexity index is 460. The molecule has 3 heteroatoms. The van der Waals surface area contributed by atoms with Crippen LogP contribution < -0.4 is 0 Å². The van der Waals surface area contributed by atoms with Crippen molar-refractivity contribution in [2.45, 2.75) is 6.54 Å². The second kappa shape index (κ2) is 5.56. The van der Waals surface area contributed by atoms with Crippen molar-refractivity contribution in [2.75, 3.05) is 5.75 Å². The first-order valence-corrected chi connectivity index (χ1v) is 5.87. The first-order valence-electron chi connectivity index (χ1n) is 5.24. The molecule has 1 aromatic heterocycles. The summed E-state index contributed by atoms with van der Waals surface area (Å²) in [5.41, 5.74) is 1.15. The predicted molar refractivity (Wildman–Crippen MR) is 70.7 cm³/mol. The van der Waals surface area contributed by atoms with E-state index in [1.165, 1.54) is 0 Å². The Balaban J connectivity index is 2.23. The summed E-state index contributed by atoms with van der Waals surface area (Å²) in [7, 11) is 0. The van der Waals surface area contributed by atoms with Gasteiger partial charge in [-0.15, -0.1) is 0 Å². The van der Waals surface area contributed by atoms with E-state index >= 15 is 0 Å². The van der Waals surface area contributed by atoms with Gasteiger partial charge in [-0.3, -0.25) is 0 Å². The molecule has 16 heavy (non-hydrogen) atoms. The Labute approximate surface area is 101 Å². The van der Waals surface area contributed by atoms with Crippen molar-refractivity contribution in [3.05, 3.63) is 54.9 Å². The number of rotatable bonds is 4. The zero-order valence-electron chi connectivity index (χ0n) is 8.95. The third-order valence-corrected chi connectivity index (χ3v) is 2.53. The molecule has 0 saturated heterocycles. The highest BCUT2D eigenvalue weighted by molar-refractivity contribution is 7.80. The van der Waals surface area contributed by atoms with Crippen molar-refractivity contribution in [3.8, 4) is 11.4 Å². The molecule has 0 spiro atoms. The van der Waals surface area contributed by atoms with Crippen LogP contribution in [-0.4, -0.2) is 15.3 Å². The van der Waals surface area contributed by atoms with E-state index in [0.717, 1.165) is 23.7 Å². The zero-order chi connectivity index (χ0) is 11.2. The van der Waals surface area contributed by atoms with Gasteiger partial charge in [0.05, 0.1) is 0 Å². The van der Waals surface area contributed by atoms with Gasteiger partial charge in [0, 0.05) is 30.3 Å². The fourth-order valence-electron chi connectivity index (χ4n) is 1.57. The molecule has 0 fully saturated rings. The zero-order valence-corrected chi connectivity index (χ0v) is 9.85. The average molecular weight is 230 g/mol. The van der Waals surface area contributed by atoms with Crippen LogP contribution in [0.2, 0.25) is 0 Å². The summed E-state index contributed by atoms with van der Waals surface area (Å²) in [5, 5.41) is 0. The summed E-state index contributed by atoms with van der Waals surface area (Å²) in [6, 6.07) is 10.2. The van der Waals surface area contributed by atoms with Crippen molar-refractivity contribution < 1.29 is 0 Å². The maximum Gasteiger partial charge on any atom is 0.140 e. The van der Waals surface area contributed by atoms with Crippen molar-refractivity contribution in [3.63, 3.8) is 0 Å². The maximum atomic E-state index is 4.38. The number of nitrogens with zero attached hydrogens (tertiary/aromatic N) is 2. The third-order valence-electron chi connectivity index (χ3n) is 2.32. The molecule has 0 N–H and O–H groups in total. The average Bonchev–Trinajstić information content (AvgIpc) is 2.79. The largest absolute Gasteiger partial charge is 0.327 e. The highest BCUT2D eigenvalue weighted by atomic mass is 32.1. The second-order valence-electron chi connectivity index (χ2n) is 3.42. The molecule has 1 heterocycles. The van der Waals surface area contributed by atoms with Gasteiger partial charge in [0.15, 0.2) is 0 Å². The van der Waals surface area contributed by atoms with Gasteiger partial charge in [-0.25, -0.2) is 4.98 Å². The first kappa shape index (κ1) is 11.0. The van der Waals surface area contributed by atoms with Crippen LogP contribution >= 0.6 is 12.6 Å². The van der Waals surface area contributed by atoms with Gasteiger partial charge in [-0.05, 0) is 0 Å². The maximum absolute atomic E-state index is 4.38. The van der Waals surface area contributed by atoms with Gasteiger partial charge in [-0.2, -0.15) is 12.6 Å². The number of thiol groups is 1. The van der Waals surface area contributed by atoms with Crippen LogP contribution in [0, 0.1) is 0 Å². The van der Waals surface area contributed by atoms with Crippen LogP contribution in [0.15, 0.2) is 54.9 Å². The lowest BCUT2D eigenvalue weighted by Gasteiger charge is -2.04. The first-order chi connectivity index (χ1) is 7.92. The highest BCUT2D eigenvalue weighted by Crippen LogP contribution is 2.16. The molecule has 0 aliphatic carbocycles. The minimum atomic E-state index is 0.773. The Morgan fingerprint density at radius 1 is 1.19 bits per heavy atom. The Morgan fingerprint density at radius 3 is 2.75 bits per heavy atom. The van der Waals surface area contributed by atoms with Crippen LogP contribution in [0.3, 0.4) is 0 Å². The van der Waals surface area contributed by atoms with Gasteiger partial charge in [0.2, 0.25) is 0 Å². The molecule has 0 radical (unpaired) electrons. The second-order valence-corrected chi connectivity index (χ2v) is 3.79. The van der Waals surface area contributed by atoms with Crippen molar-refractivity contribution in [1.29, 1.82) is 0 Å². The smallest absolute Gasteiger partial charge is 0.140 e. The molecule has 82 valence electrons. The van der Waals surface area contributed by atoms with E-state index in [1.807, 2.05) is 36.7 Å². The predicted octanol–water partition coefficient (Wildman–Crippen LogP) is 3.04. The van der Waals surface area contributed by atoms with E-state index in [0.29, 0.717) is 0 Å². The monoisotopic (exact) mass is 230 g/mol. The molecule has 0 atom stereocenters. The van der Waals surface area contributed by atoms with Gasteiger partial charge < -0.3 is 4.57 Å². The van der Waals surface area contributed by atoms with Gasteiger partial charge in [-0.1, -0.05) is 42.5 Å². The molecule has 2 aromatic rings. The van der Waals surface area contributed by atoms with Crippen molar-refractivity contribution in [1.82, 2.24) is 9.55 Å². The summed E-state index contributed by atoms with van der Waals surface area (Å²) >= 11 is 4.14. The van der Waals surface area contributed by atoms with E-state index in [1.54, 1.807) is 0 Å². The molecule has 0 amide bonds. The quantitative estimate of drug-likeness (QED) is 0.631. The number of allylic oxidation sites excluding steroid dienone is 1. The number of hydrogen-bond donors (Lipinski definition) is 1. The van der Waals surface area contributed by atoms with Crippen molar-refractivity contribution in [2.24, 2.45) is 0 Å². The molecular weight excluding hydrogens is 216 g/mol. The van der Waals surface area contributed by atoms with E-state index in [9.17, 15) is 0 Å². The van der Waals surface area contributed by atoms with Crippen LogP contribution in [-0.2, 0) is 6.54 Å². The van der Waals surface area contributed by atoms with Gasteiger partial charge in [0.1, 0.15) is 5.82 Å². The minimum absolute atomic E-state index is 0.773. The molecule has 0 aliphatic heterocycles. The number of aromatic nitrogens is 2. The molecule has 2 nitrogen and oxygen atoms in total. The minimum Gasteiger partial charge on any atom is -0.327 e. The molecular formula is C13H14N2S. The number of hydrogen-bond acceptors (Lipinski definition) is 2. The summed E-state index contributed by atoms with van der Waals surface area (Å²) in [6.07, 6.45) is 7.96. The van der Waals surface area contributed by atoms with Gasteiger partial charge >= 0.3 is 0 Å². The standard InChI is InChI=1S/C13H14N2S/c16-11-5-4-9-15-10-8-14-13(15)12-6-2-1-3-7-12/h1-8,10,16H,9,11H2. The third kappa shape index (κ3) is 2.55. The molecule has 0 bridgehead atoms. The van der Waals surface area contributed by atoms with Crippen LogP contribution in [0.25, 0.3) is 11.4 Å². The van der Waals surface area contributed by atoms with Crippen molar-refractivity contribution >= 4 is 12.6 Å². The Hall–Kier alpha value is -1.48. The lowest BCUT2D eigenvalue weighted by atomic mass is 10.2. The Kier molecular flexibility index (Phi) is 3.83. The van der Waals surface area contributed by atoms with E-state index in [4.69, 9.17) is 0 Å². The summed E-state index contributed by atoms with van der Waals surface area (Å²) in [5.74, 6) is 1.78. The molecule has 2 rings (SSSR count). The topological polar surface area (TPSA) is 17.8 Å².